The third kappa shape index (κ3) is 3.00. The average Bonchev–Trinajstić information content (AvgIpc) is 3.00. The molecule has 0 aliphatic heterocycles. The fourth-order valence-electron chi connectivity index (χ4n) is 1.68. The predicted molar refractivity (Wildman–Crippen MR) is 78.9 cm³/mol. The molecule has 1 N–H and O–H groups in total. The summed E-state index contributed by atoms with van der Waals surface area (Å²) >= 11 is 1.48. The van der Waals surface area contributed by atoms with Crippen molar-refractivity contribution in [3.05, 3.63) is 46.2 Å². The van der Waals surface area contributed by atoms with E-state index < -0.39 is 0 Å². The van der Waals surface area contributed by atoms with Crippen LogP contribution in [0.25, 0.3) is 6.08 Å². The molecule has 0 unspecified atom stereocenters. The van der Waals surface area contributed by atoms with Crippen molar-refractivity contribution in [3.63, 3.8) is 0 Å². The predicted octanol–water partition coefficient (Wildman–Crippen LogP) is 3.37. The summed E-state index contributed by atoms with van der Waals surface area (Å²) in [4.78, 5) is 11.9. The van der Waals surface area contributed by atoms with Gasteiger partial charge in [0.1, 0.15) is 0 Å². The molecule has 5 heteroatoms. The zero-order chi connectivity index (χ0) is 14.5. The van der Waals surface area contributed by atoms with Gasteiger partial charge in [-0.2, -0.15) is 11.3 Å². The molecular formula is C15H14O4S. The standard InChI is InChI=1S/C15H14O4S/c1-18-13-7-10(8-14(19-2)15(13)17)3-4-12(16)11-5-6-20-9-11/h3-9,17H,1-2H3. The van der Waals surface area contributed by atoms with Crippen LogP contribution < -0.4 is 9.47 Å². The lowest BCUT2D eigenvalue weighted by molar-refractivity contribution is 0.104. The van der Waals surface area contributed by atoms with Crippen LogP contribution >= 0.6 is 11.3 Å². The quantitative estimate of drug-likeness (QED) is 0.677. The van der Waals surface area contributed by atoms with E-state index in [-0.39, 0.29) is 11.5 Å². The smallest absolute Gasteiger partial charge is 0.200 e. The molecule has 0 bridgehead atoms. The van der Waals surface area contributed by atoms with Gasteiger partial charge in [0.25, 0.3) is 0 Å². The van der Waals surface area contributed by atoms with Crippen LogP contribution in [0.4, 0.5) is 0 Å². The number of aromatic hydroxyl groups is 1. The lowest BCUT2D eigenvalue weighted by atomic mass is 10.1. The largest absolute Gasteiger partial charge is 0.502 e. The Labute approximate surface area is 120 Å². The Hall–Kier alpha value is -2.27. The van der Waals surface area contributed by atoms with Crippen molar-refractivity contribution in [3.8, 4) is 17.2 Å². The Morgan fingerprint density at radius 2 is 1.90 bits per heavy atom. The van der Waals surface area contributed by atoms with Crippen molar-refractivity contribution in [2.24, 2.45) is 0 Å². The molecular weight excluding hydrogens is 276 g/mol. The van der Waals surface area contributed by atoms with Gasteiger partial charge in [-0.15, -0.1) is 0 Å². The molecule has 1 aromatic carbocycles. The van der Waals surface area contributed by atoms with Gasteiger partial charge in [0, 0.05) is 10.9 Å². The van der Waals surface area contributed by atoms with Crippen molar-refractivity contribution in [2.75, 3.05) is 14.2 Å². The topological polar surface area (TPSA) is 55.8 Å². The summed E-state index contributed by atoms with van der Waals surface area (Å²) in [7, 11) is 2.91. The molecule has 20 heavy (non-hydrogen) atoms. The molecule has 1 aromatic heterocycles. The second-order valence-corrected chi connectivity index (χ2v) is 4.76. The summed E-state index contributed by atoms with van der Waals surface area (Å²) in [5, 5.41) is 13.5. The van der Waals surface area contributed by atoms with Gasteiger partial charge in [-0.3, -0.25) is 4.79 Å². The van der Waals surface area contributed by atoms with Crippen LogP contribution in [0.5, 0.6) is 17.2 Å². The monoisotopic (exact) mass is 290 g/mol. The highest BCUT2D eigenvalue weighted by Gasteiger charge is 2.10. The number of rotatable bonds is 5. The van der Waals surface area contributed by atoms with Crippen molar-refractivity contribution in [2.45, 2.75) is 0 Å². The second-order valence-electron chi connectivity index (χ2n) is 3.98. The molecule has 2 rings (SSSR count). The normalized spacial score (nSPS) is 10.7. The number of thiophene rings is 1. The first-order chi connectivity index (χ1) is 9.65. The van der Waals surface area contributed by atoms with Gasteiger partial charge in [0.2, 0.25) is 5.75 Å². The van der Waals surface area contributed by atoms with Gasteiger partial charge in [-0.1, -0.05) is 6.08 Å². The van der Waals surface area contributed by atoms with Crippen LogP contribution in [0.2, 0.25) is 0 Å². The molecule has 1 heterocycles. The van der Waals surface area contributed by atoms with Crippen LogP contribution in [0.15, 0.2) is 35.0 Å². The molecule has 0 aliphatic rings. The van der Waals surface area contributed by atoms with Gasteiger partial charge in [0.15, 0.2) is 17.3 Å². The van der Waals surface area contributed by atoms with Gasteiger partial charge >= 0.3 is 0 Å². The molecule has 0 saturated heterocycles. The van der Waals surface area contributed by atoms with E-state index in [1.54, 1.807) is 29.7 Å². The van der Waals surface area contributed by atoms with Crippen molar-refractivity contribution in [1.29, 1.82) is 0 Å². The Morgan fingerprint density at radius 3 is 2.40 bits per heavy atom. The number of carbonyl (C=O) groups excluding carboxylic acids is 1. The molecule has 0 amide bonds. The SMILES string of the molecule is COc1cc(C=CC(=O)c2ccsc2)cc(OC)c1O. The lowest BCUT2D eigenvalue weighted by Crippen LogP contribution is -1.92. The van der Waals surface area contributed by atoms with E-state index in [4.69, 9.17) is 9.47 Å². The van der Waals surface area contributed by atoms with E-state index in [9.17, 15) is 9.90 Å². The summed E-state index contributed by atoms with van der Waals surface area (Å²) < 4.78 is 10.1. The number of benzene rings is 1. The molecule has 0 atom stereocenters. The number of hydrogen-bond acceptors (Lipinski definition) is 5. The number of phenolic OH excluding ortho intramolecular Hbond substituents is 1. The molecule has 104 valence electrons. The highest BCUT2D eigenvalue weighted by molar-refractivity contribution is 7.08. The van der Waals surface area contributed by atoms with Gasteiger partial charge in [0.05, 0.1) is 14.2 Å². The first kappa shape index (κ1) is 14.1. The van der Waals surface area contributed by atoms with Crippen LogP contribution in [-0.4, -0.2) is 25.1 Å². The molecule has 2 aromatic rings. The number of hydrogen-bond donors (Lipinski definition) is 1. The minimum absolute atomic E-state index is 0.0590. The van der Waals surface area contributed by atoms with Gasteiger partial charge < -0.3 is 14.6 Å². The molecule has 0 fully saturated rings. The van der Waals surface area contributed by atoms with E-state index in [0.29, 0.717) is 22.6 Å². The average molecular weight is 290 g/mol. The fourth-order valence-corrected chi connectivity index (χ4v) is 2.33. The second kappa shape index (κ2) is 6.25. The number of ether oxygens (including phenoxy) is 2. The zero-order valence-corrected chi connectivity index (χ0v) is 11.9. The summed E-state index contributed by atoms with van der Waals surface area (Å²) in [6.07, 6.45) is 3.14. The van der Waals surface area contributed by atoms with Crippen molar-refractivity contribution in [1.82, 2.24) is 0 Å². The molecule has 0 aliphatic carbocycles. The highest BCUT2D eigenvalue weighted by atomic mass is 32.1. The molecule has 0 saturated carbocycles. The summed E-state index contributed by atoms with van der Waals surface area (Å²) in [5.41, 5.74) is 1.36. The van der Waals surface area contributed by atoms with E-state index >= 15 is 0 Å². The van der Waals surface area contributed by atoms with Gasteiger partial charge in [-0.05, 0) is 35.2 Å². The lowest BCUT2D eigenvalue weighted by Gasteiger charge is -2.09. The molecule has 0 spiro atoms. The van der Waals surface area contributed by atoms with Gasteiger partial charge in [-0.25, -0.2) is 0 Å². The number of carbonyl (C=O) groups is 1. The first-order valence-corrected chi connectivity index (χ1v) is 6.79. The minimum Gasteiger partial charge on any atom is -0.502 e. The van der Waals surface area contributed by atoms with Crippen molar-refractivity contribution >= 4 is 23.2 Å². The Kier molecular flexibility index (Phi) is 4.42. The molecule has 4 nitrogen and oxygen atoms in total. The van der Waals surface area contributed by atoms with E-state index in [0.717, 1.165) is 0 Å². The van der Waals surface area contributed by atoms with Crippen LogP contribution in [0.1, 0.15) is 15.9 Å². The molecule has 0 radical (unpaired) electrons. The van der Waals surface area contributed by atoms with Crippen LogP contribution in [0.3, 0.4) is 0 Å². The third-order valence-electron chi connectivity index (χ3n) is 2.73. The number of allylic oxidation sites excluding steroid dienone is 1. The zero-order valence-electron chi connectivity index (χ0n) is 11.1. The van der Waals surface area contributed by atoms with E-state index in [2.05, 4.69) is 0 Å². The summed E-state index contributed by atoms with van der Waals surface area (Å²) in [5.74, 6) is 0.465. The van der Waals surface area contributed by atoms with Crippen LogP contribution in [0, 0.1) is 0 Å². The number of ketones is 1. The Morgan fingerprint density at radius 1 is 1.25 bits per heavy atom. The minimum atomic E-state index is -0.0720. The van der Waals surface area contributed by atoms with E-state index in [1.165, 1.54) is 31.6 Å². The van der Waals surface area contributed by atoms with Crippen molar-refractivity contribution < 1.29 is 19.4 Å². The highest BCUT2D eigenvalue weighted by Crippen LogP contribution is 2.37. The van der Waals surface area contributed by atoms with E-state index in [1.807, 2.05) is 5.38 Å². The summed E-state index contributed by atoms with van der Waals surface area (Å²) in [6.45, 7) is 0. The Bertz CT molecular complexity index is 604. The summed E-state index contributed by atoms with van der Waals surface area (Å²) in [6, 6.07) is 5.04. The maximum absolute atomic E-state index is 11.9. The number of phenols is 1. The Balaban J connectivity index is 2.27. The van der Waals surface area contributed by atoms with Crippen LogP contribution in [-0.2, 0) is 0 Å². The maximum Gasteiger partial charge on any atom is 0.200 e. The third-order valence-corrected chi connectivity index (χ3v) is 3.42. The number of methoxy groups -OCH3 is 2. The first-order valence-electron chi connectivity index (χ1n) is 5.85. The fraction of sp³-hybridized carbons (Fsp3) is 0.133. The maximum atomic E-state index is 11.9.